The highest BCUT2D eigenvalue weighted by molar-refractivity contribution is 6.00. The number of ketones is 1. The van der Waals surface area contributed by atoms with Gasteiger partial charge in [0.05, 0.1) is 12.6 Å². The lowest BCUT2D eigenvalue weighted by Gasteiger charge is -2.08. The van der Waals surface area contributed by atoms with E-state index in [9.17, 15) is 9.18 Å². The van der Waals surface area contributed by atoms with Crippen LogP contribution in [0.3, 0.4) is 0 Å². The molecule has 0 aliphatic heterocycles. The maximum atomic E-state index is 12.8. The van der Waals surface area contributed by atoms with E-state index in [0.717, 1.165) is 6.07 Å². The van der Waals surface area contributed by atoms with Crippen LogP contribution in [-0.2, 0) is 4.74 Å². The summed E-state index contributed by atoms with van der Waals surface area (Å²) in [4.78, 5) is 11.5. The summed E-state index contributed by atoms with van der Waals surface area (Å²) in [7, 11) is 1.46. The Balaban J connectivity index is 2.78. The number of Topliss-reactive ketones (excluding diaryl/α,β-unsaturated/α-hetero) is 1. The first-order chi connectivity index (χ1) is 6.65. The number of rotatable bonds is 4. The van der Waals surface area contributed by atoms with E-state index < -0.39 is 11.9 Å². The van der Waals surface area contributed by atoms with Gasteiger partial charge in [-0.05, 0) is 12.1 Å². The lowest BCUT2D eigenvalue weighted by molar-refractivity contribution is 0.0892. The highest BCUT2D eigenvalue weighted by Crippen LogP contribution is 2.06. The molecule has 0 fully saturated rings. The minimum Gasteiger partial charge on any atom is -0.383 e. The molecule has 76 valence electrons. The van der Waals surface area contributed by atoms with E-state index >= 15 is 0 Å². The molecule has 1 aromatic rings. The molecule has 1 rings (SSSR count). The molecule has 0 radical (unpaired) electrons. The molecule has 0 bridgehead atoms. The van der Waals surface area contributed by atoms with Crippen molar-refractivity contribution in [2.75, 3.05) is 13.7 Å². The van der Waals surface area contributed by atoms with E-state index in [0.29, 0.717) is 0 Å². The smallest absolute Gasteiger partial charge is 0.181 e. The molecule has 2 N–H and O–H groups in total. The summed E-state index contributed by atoms with van der Waals surface area (Å²) in [5.74, 6) is -0.758. The number of nitrogens with two attached hydrogens (primary N) is 1. The third-order valence-electron chi connectivity index (χ3n) is 1.79. The Kier molecular flexibility index (Phi) is 3.73. The molecule has 4 heteroatoms. The van der Waals surface area contributed by atoms with Gasteiger partial charge >= 0.3 is 0 Å². The van der Waals surface area contributed by atoms with E-state index in [2.05, 4.69) is 0 Å². The van der Waals surface area contributed by atoms with E-state index in [1.165, 1.54) is 25.3 Å². The molecule has 14 heavy (non-hydrogen) atoms. The van der Waals surface area contributed by atoms with Crippen molar-refractivity contribution in [3.63, 3.8) is 0 Å². The van der Waals surface area contributed by atoms with Crippen molar-refractivity contribution in [3.8, 4) is 0 Å². The minimum atomic E-state index is -0.734. The van der Waals surface area contributed by atoms with Crippen molar-refractivity contribution in [3.05, 3.63) is 35.6 Å². The molecule has 1 atom stereocenters. The van der Waals surface area contributed by atoms with Crippen LogP contribution in [0.5, 0.6) is 0 Å². The monoisotopic (exact) mass is 197 g/mol. The van der Waals surface area contributed by atoms with Gasteiger partial charge in [-0.3, -0.25) is 4.79 Å². The van der Waals surface area contributed by atoms with Crippen LogP contribution in [0.25, 0.3) is 0 Å². The van der Waals surface area contributed by atoms with Crippen LogP contribution in [0.4, 0.5) is 4.39 Å². The molecule has 0 saturated heterocycles. The first kappa shape index (κ1) is 10.8. The maximum Gasteiger partial charge on any atom is 0.181 e. The second kappa shape index (κ2) is 4.83. The molecule has 3 nitrogen and oxygen atoms in total. The number of halogens is 1. The van der Waals surface area contributed by atoms with Gasteiger partial charge in [-0.1, -0.05) is 12.1 Å². The maximum absolute atomic E-state index is 12.8. The summed E-state index contributed by atoms with van der Waals surface area (Å²) in [5.41, 5.74) is 5.79. The number of hydrogen-bond donors (Lipinski definition) is 1. The number of methoxy groups -OCH3 is 1. The number of hydrogen-bond acceptors (Lipinski definition) is 3. The van der Waals surface area contributed by atoms with Crippen LogP contribution < -0.4 is 5.73 Å². The van der Waals surface area contributed by atoms with Crippen molar-refractivity contribution in [1.82, 2.24) is 0 Å². The van der Waals surface area contributed by atoms with Crippen LogP contribution in [0.1, 0.15) is 10.4 Å². The van der Waals surface area contributed by atoms with Gasteiger partial charge in [0.2, 0.25) is 0 Å². The Morgan fingerprint density at radius 2 is 2.36 bits per heavy atom. The Hall–Kier alpha value is -1.26. The zero-order valence-electron chi connectivity index (χ0n) is 7.87. The molecule has 0 amide bonds. The highest BCUT2D eigenvalue weighted by Gasteiger charge is 2.15. The zero-order valence-corrected chi connectivity index (χ0v) is 7.87. The van der Waals surface area contributed by atoms with Gasteiger partial charge < -0.3 is 10.5 Å². The van der Waals surface area contributed by atoms with Crippen molar-refractivity contribution in [1.29, 1.82) is 0 Å². The Labute approximate surface area is 81.7 Å². The average Bonchev–Trinajstić information content (AvgIpc) is 2.17. The molecule has 1 unspecified atom stereocenters. The first-order valence-electron chi connectivity index (χ1n) is 4.19. The number of benzene rings is 1. The summed E-state index contributed by atoms with van der Waals surface area (Å²) < 4.78 is 17.5. The number of carbonyl (C=O) groups is 1. The van der Waals surface area contributed by atoms with Crippen LogP contribution in [0.15, 0.2) is 24.3 Å². The van der Waals surface area contributed by atoms with Gasteiger partial charge in [0.15, 0.2) is 5.78 Å². The Morgan fingerprint density at radius 3 is 2.93 bits per heavy atom. The second-order valence-corrected chi connectivity index (χ2v) is 2.94. The van der Waals surface area contributed by atoms with Crippen molar-refractivity contribution in [2.24, 2.45) is 5.73 Å². The Morgan fingerprint density at radius 1 is 1.64 bits per heavy atom. The SMILES string of the molecule is COCC(N)C(=O)c1cccc(F)c1. The fraction of sp³-hybridized carbons (Fsp3) is 0.300. The summed E-state index contributed by atoms with van der Waals surface area (Å²) in [6.07, 6.45) is 0. The molecule has 0 heterocycles. The molecule has 1 aromatic carbocycles. The summed E-state index contributed by atoms with van der Waals surface area (Å²) in [6, 6.07) is 4.71. The van der Waals surface area contributed by atoms with Crippen molar-refractivity contribution < 1.29 is 13.9 Å². The first-order valence-corrected chi connectivity index (χ1v) is 4.19. The molecule has 0 aliphatic carbocycles. The van der Waals surface area contributed by atoms with E-state index in [1.54, 1.807) is 0 Å². The lowest BCUT2D eigenvalue weighted by Crippen LogP contribution is -2.34. The normalized spacial score (nSPS) is 12.5. The molecular weight excluding hydrogens is 185 g/mol. The zero-order chi connectivity index (χ0) is 10.6. The molecule has 0 spiro atoms. The second-order valence-electron chi connectivity index (χ2n) is 2.94. The van der Waals surface area contributed by atoms with Crippen LogP contribution in [-0.4, -0.2) is 25.5 Å². The van der Waals surface area contributed by atoms with Crippen LogP contribution in [0.2, 0.25) is 0 Å². The predicted octanol–water partition coefficient (Wildman–Crippen LogP) is 0.982. The van der Waals surface area contributed by atoms with Gasteiger partial charge in [0.25, 0.3) is 0 Å². The topological polar surface area (TPSA) is 52.3 Å². The molecule has 0 saturated carbocycles. The lowest BCUT2D eigenvalue weighted by atomic mass is 10.1. The predicted molar refractivity (Wildman–Crippen MR) is 50.6 cm³/mol. The van der Waals surface area contributed by atoms with Gasteiger partial charge in [-0.2, -0.15) is 0 Å². The summed E-state index contributed by atoms with van der Waals surface area (Å²) in [6.45, 7) is 0.134. The van der Waals surface area contributed by atoms with Crippen LogP contribution >= 0.6 is 0 Å². The van der Waals surface area contributed by atoms with Gasteiger partial charge in [0, 0.05) is 12.7 Å². The quantitative estimate of drug-likeness (QED) is 0.732. The number of ether oxygens (including phenoxy) is 1. The molecule has 0 aromatic heterocycles. The Bertz CT molecular complexity index is 328. The summed E-state index contributed by atoms with van der Waals surface area (Å²) in [5, 5.41) is 0. The number of carbonyl (C=O) groups excluding carboxylic acids is 1. The highest BCUT2D eigenvalue weighted by atomic mass is 19.1. The van der Waals surface area contributed by atoms with Gasteiger partial charge in [-0.15, -0.1) is 0 Å². The van der Waals surface area contributed by atoms with Crippen LogP contribution in [0, 0.1) is 5.82 Å². The van der Waals surface area contributed by atoms with Crippen molar-refractivity contribution in [2.45, 2.75) is 6.04 Å². The summed E-state index contributed by atoms with van der Waals surface area (Å²) >= 11 is 0. The third kappa shape index (κ3) is 2.61. The van der Waals surface area contributed by atoms with E-state index in [4.69, 9.17) is 10.5 Å². The third-order valence-corrected chi connectivity index (χ3v) is 1.79. The fourth-order valence-electron chi connectivity index (χ4n) is 1.11. The average molecular weight is 197 g/mol. The minimum absolute atomic E-state index is 0.134. The standard InChI is InChI=1S/C10H12FNO2/c1-14-6-9(12)10(13)7-3-2-4-8(11)5-7/h2-5,9H,6,12H2,1H3. The largest absolute Gasteiger partial charge is 0.383 e. The van der Waals surface area contributed by atoms with Gasteiger partial charge in [-0.25, -0.2) is 4.39 Å². The van der Waals surface area contributed by atoms with Gasteiger partial charge in [0.1, 0.15) is 5.82 Å². The molecule has 0 aliphatic rings. The fourth-order valence-corrected chi connectivity index (χ4v) is 1.11. The van der Waals surface area contributed by atoms with E-state index in [1.807, 2.05) is 0 Å². The van der Waals surface area contributed by atoms with E-state index in [-0.39, 0.29) is 18.0 Å². The van der Waals surface area contributed by atoms with Crippen molar-refractivity contribution >= 4 is 5.78 Å². The molecular formula is C10H12FNO2.